The van der Waals surface area contributed by atoms with Gasteiger partial charge in [-0.05, 0) is 68.0 Å². The maximum absolute atomic E-state index is 6.10. The Morgan fingerprint density at radius 3 is 2.67 bits per heavy atom. The summed E-state index contributed by atoms with van der Waals surface area (Å²) < 4.78 is 8.15. The Labute approximate surface area is 176 Å². The molecule has 6 heteroatoms. The molecule has 30 heavy (non-hydrogen) atoms. The number of pyridine rings is 1. The van der Waals surface area contributed by atoms with Gasteiger partial charge in [0.15, 0.2) is 0 Å². The molecular weight excluding hydrogens is 374 g/mol. The van der Waals surface area contributed by atoms with E-state index in [9.17, 15) is 0 Å². The van der Waals surface area contributed by atoms with Crippen LogP contribution in [0.3, 0.4) is 0 Å². The summed E-state index contributed by atoms with van der Waals surface area (Å²) in [6.45, 7) is 2.55. The molecule has 1 unspecified atom stereocenters. The first-order valence-electron chi connectivity index (χ1n) is 10.9. The lowest BCUT2D eigenvalue weighted by molar-refractivity contribution is 0.289. The Morgan fingerprint density at radius 1 is 1.10 bits per heavy atom. The Bertz CT molecular complexity index is 1090. The van der Waals surface area contributed by atoms with Crippen molar-refractivity contribution in [3.05, 3.63) is 54.1 Å². The summed E-state index contributed by atoms with van der Waals surface area (Å²) in [5, 5.41) is 3.73. The topological polar surface area (TPSA) is 55.2 Å². The van der Waals surface area contributed by atoms with Crippen molar-refractivity contribution in [2.75, 3.05) is 11.9 Å². The largest absolute Gasteiger partial charge is 0.472 e. The van der Waals surface area contributed by atoms with Gasteiger partial charge in [0.1, 0.15) is 12.4 Å². The number of hydrogen-bond acceptors (Lipinski definition) is 5. The minimum Gasteiger partial charge on any atom is -0.472 e. The summed E-state index contributed by atoms with van der Waals surface area (Å²) >= 11 is 0. The molecule has 0 amide bonds. The van der Waals surface area contributed by atoms with Crippen molar-refractivity contribution in [3.8, 4) is 22.7 Å². The molecule has 0 saturated carbocycles. The van der Waals surface area contributed by atoms with Crippen molar-refractivity contribution in [3.63, 3.8) is 0 Å². The van der Waals surface area contributed by atoms with Gasteiger partial charge in [-0.15, -0.1) is 0 Å². The molecule has 3 aliphatic rings. The molecule has 154 valence electrons. The van der Waals surface area contributed by atoms with E-state index in [1.807, 2.05) is 24.0 Å². The van der Waals surface area contributed by atoms with Gasteiger partial charge in [-0.25, -0.2) is 4.98 Å². The summed E-state index contributed by atoms with van der Waals surface area (Å²) in [6.07, 6.45) is 8.92. The number of anilines is 1. The second-order valence-electron chi connectivity index (χ2n) is 8.95. The zero-order chi connectivity index (χ0) is 20.2. The molecule has 3 atom stereocenters. The van der Waals surface area contributed by atoms with Crippen LogP contribution in [0.25, 0.3) is 16.8 Å². The highest BCUT2D eigenvalue weighted by Crippen LogP contribution is 2.39. The van der Waals surface area contributed by atoms with Gasteiger partial charge in [0, 0.05) is 42.6 Å². The van der Waals surface area contributed by atoms with Crippen LogP contribution >= 0.6 is 0 Å². The third-order valence-corrected chi connectivity index (χ3v) is 6.96. The second-order valence-corrected chi connectivity index (χ2v) is 8.95. The maximum atomic E-state index is 6.10. The van der Waals surface area contributed by atoms with Crippen LogP contribution < -0.4 is 15.0 Å². The summed E-state index contributed by atoms with van der Waals surface area (Å²) in [6, 6.07) is 12.7. The number of imidazole rings is 1. The summed E-state index contributed by atoms with van der Waals surface area (Å²) in [5.41, 5.74) is 5.58. The lowest BCUT2D eigenvalue weighted by atomic mass is 9.97. The number of rotatable bonds is 3. The van der Waals surface area contributed by atoms with Gasteiger partial charge in [0.2, 0.25) is 5.88 Å². The van der Waals surface area contributed by atoms with Gasteiger partial charge in [0.25, 0.3) is 0 Å². The van der Waals surface area contributed by atoms with E-state index in [0.29, 0.717) is 24.7 Å². The van der Waals surface area contributed by atoms with E-state index >= 15 is 0 Å². The normalized spacial score (nSPS) is 24.1. The molecule has 2 saturated heterocycles. The van der Waals surface area contributed by atoms with Crippen LogP contribution in [0.2, 0.25) is 0 Å². The molecular formula is C24H27N5O. The van der Waals surface area contributed by atoms with Crippen molar-refractivity contribution in [2.45, 2.75) is 57.3 Å². The van der Waals surface area contributed by atoms with Gasteiger partial charge < -0.3 is 19.5 Å². The smallest absolute Gasteiger partial charge is 0.223 e. The van der Waals surface area contributed by atoms with E-state index in [1.54, 1.807) is 0 Å². The van der Waals surface area contributed by atoms with Gasteiger partial charge in [-0.2, -0.15) is 4.98 Å². The average molecular weight is 402 g/mol. The average Bonchev–Trinajstić information content (AvgIpc) is 3.36. The molecule has 0 spiro atoms. The van der Waals surface area contributed by atoms with Crippen LogP contribution in [0.4, 0.5) is 5.82 Å². The zero-order valence-corrected chi connectivity index (χ0v) is 17.5. The Morgan fingerprint density at radius 2 is 1.90 bits per heavy atom. The van der Waals surface area contributed by atoms with Crippen molar-refractivity contribution in [1.29, 1.82) is 0 Å². The molecule has 0 aliphatic carbocycles. The van der Waals surface area contributed by atoms with Gasteiger partial charge in [-0.3, -0.25) is 0 Å². The monoisotopic (exact) mass is 401 g/mol. The number of aryl methyl sites for hydroxylation is 1. The fourth-order valence-corrected chi connectivity index (χ4v) is 5.30. The van der Waals surface area contributed by atoms with Crippen LogP contribution in [0.15, 0.2) is 42.9 Å². The molecule has 3 aliphatic heterocycles. The number of benzene rings is 1. The Balaban J connectivity index is 1.28. The van der Waals surface area contributed by atoms with Crippen molar-refractivity contribution in [2.24, 2.45) is 0 Å². The number of ether oxygens (including phenoxy) is 1. The van der Waals surface area contributed by atoms with E-state index in [0.717, 1.165) is 28.6 Å². The third-order valence-electron chi connectivity index (χ3n) is 6.96. The first-order valence-corrected chi connectivity index (χ1v) is 10.9. The highest BCUT2D eigenvalue weighted by Gasteiger charge is 2.35. The molecule has 6 rings (SSSR count). The molecule has 1 aromatic carbocycles. The minimum atomic E-state index is 0.543. The fraction of sp³-hybridized carbons (Fsp3) is 0.417. The van der Waals surface area contributed by atoms with Crippen LogP contribution in [-0.2, 0) is 6.61 Å². The van der Waals surface area contributed by atoms with E-state index in [2.05, 4.69) is 52.6 Å². The van der Waals surface area contributed by atoms with E-state index in [-0.39, 0.29) is 0 Å². The molecule has 3 aromatic rings. The first kappa shape index (κ1) is 18.0. The molecule has 2 fully saturated rings. The number of nitrogens with zero attached hydrogens (tertiary/aromatic N) is 4. The number of aromatic nitrogens is 3. The molecule has 5 heterocycles. The number of nitrogens with one attached hydrogen (secondary N) is 1. The van der Waals surface area contributed by atoms with Gasteiger partial charge in [0.05, 0.1) is 12.0 Å². The highest BCUT2D eigenvalue weighted by atomic mass is 16.5. The van der Waals surface area contributed by atoms with Crippen LogP contribution in [0.1, 0.15) is 36.9 Å². The zero-order valence-electron chi connectivity index (χ0n) is 17.5. The second kappa shape index (κ2) is 6.84. The maximum Gasteiger partial charge on any atom is 0.223 e. The fourth-order valence-electron chi connectivity index (χ4n) is 5.30. The Kier molecular flexibility index (Phi) is 4.09. The Hall–Kier alpha value is -2.86. The van der Waals surface area contributed by atoms with E-state index in [4.69, 9.17) is 9.72 Å². The number of fused-ring (bicyclic) bond motifs is 5. The predicted octanol–water partition coefficient (Wildman–Crippen LogP) is 3.85. The first-order chi connectivity index (χ1) is 14.6. The van der Waals surface area contributed by atoms with Gasteiger partial charge in [-0.1, -0.05) is 6.07 Å². The van der Waals surface area contributed by atoms with Crippen molar-refractivity contribution >= 4 is 5.82 Å². The van der Waals surface area contributed by atoms with Crippen LogP contribution in [0.5, 0.6) is 5.88 Å². The van der Waals surface area contributed by atoms with E-state index in [1.165, 1.54) is 36.8 Å². The number of piperidine rings is 1. The van der Waals surface area contributed by atoms with Crippen molar-refractivity contribution < 1.29 is 4.74 Å². The third kappa shape index (κ3) is 2.98. The van der Waals surface area contributed by atoms with Gasteiger partial charge >= 0.3 is 0 Å². The van der Waals surface area contributed by atoms with Crippen LogP contribution in [-0.4, -0.2) is 39.7 Å². The lowest BCUT2D eigenvalue weighted by Gasteiger charge is -2.36. The summed E-state index contributed by atoms with van der Waals surface area (Å²) in [5.74, 6) is 1.75. The highest BCUT2D eigenvalue weighted by molar-refractivity contribution is 5.75. The molecule has 6 nitrogen and oxygen atoms in total. The lowest BCUT2D eigenvalue weighted by Crippen LogP contribution is -2.47. The standard InChI is InChI=1S/C24H27N5O/c1-15-12-29(14-25-15)19-5-6-21-16(9-19)13-30-24-22(21)7-8-23(27-24)28(2)20-10-17-3-4-18(11-20)26-17/h5-9,12,14,17-18,20,26H,3-4,10-11,13H2,1-2H3/t17-,18+,20?. The molecule has 2 bridgehead atoms. The molecule has 0 radical (unpaired) electrons. The minimum absolute atomic E-state index is 0.543. The van der Waals surface area contributed by atoms with Crippen LogP contribution in [0, 0.1) is 6.92 Å². The molecule has 2 aromatic heterocycles. The SMILES string of the molecule is Cc1cn(-c2ccc3c(c2)COc2nc(N(C)C4C[C@H]5CC[C@@H](C4)N5)ccc2-3)cn1. The summed E-state index contributed by atoms with van der Waals surface area (Å²) in [7, 11) is 2.18. The number of hydrogen-bond donors (Lipinski definition) is 1. The van der Waals surface area contributed by atoms with Crippen molar-refractivity contribution in [1.82, 2.24) is 19.9 Å². The predicted molar refractivity (Wildman–Crippen MR) is 117 cm³/mol. The quantitative estimate of drug-likeness (QED) is 0.722. The van der Waals surface area contributed by atoms with E-state index < -0.39 is 0 Å². The molecule has 1 N–H and O–H groups in total. The summed E-state index contributed by atoms with van der Waals surface area (Å²) in [4.78, 5) is 11.6.